The molecule has 0 spiro atoms. The van der Waals surface area contributed by atoms with Crippen LogP contribution in [0, 0.1) is 0 Å². The van der Waals surface area contributed by atoms with Gasteiger partial charge < -0.3 is 10.7 Å². The van der Waals surface area contributed by atoms with E-state index < -0.39 is 0 Å². The average Bonchev–Trinajstić information content (AvgIpc) is 2.40. The van der Waals surface area contributed by atoms with Crippen molar-refractivity contribution >= 4 is 11.5 Å². The number of nitrogens with two attached hydrogens (primary N) is 1. The zero-order valence-electron chi connectivity index (χ0n) is 9.43. The summed E-state index contributed by atoms with van der Waals surface area (Å²) in [6, 6.07) is 7.78. The maximum atomic E-state index is 5.29. The Morgan fingerprint density at radius 2 is 2.18 bits per heavy atom. The second kappa shape index (κ2) is 5.81. The predicted octanol–water partition coefficient (Wildman–Crippen LogP) is 1.42. The van der Waals surface area contributed by atoms with Crippen LogP contribution < -0.4 is 16.6 Å². The summed E-state index contributed by atoms with van der Waals surface area (Å²) < 4.78 is 0. The van der Waals surface area contributed by atoms with Crippen molar-refractivity contribution in [3.05, 3.63) is 48.4 Å². The Bertz CT molecular complexity index is 457. The number of rotatable bonds is 5. The molecule has 0 aliphatic carbocycles. The monoisotopic (exact) mass is 229 g/mol. The molecule has 17 heavy (non-hydrogen) atoms. The Morgan fingerprint density at radius 3 is 2.94 bits per heavy atom. The molecule has 5 heteroatoms. The molecule has 0 atom stereocenters. The van der Waals surface area contributed by atoms with E-state index in [1.165, 1.54) is 5.56 Å². The van der Waals surface area contributed by atoms with Gasteiger partial charge in [-0.1, -0.05) is 6.07 Å². The molecule has 0 fully saturated rings. The summed E-state index contributed by atoms with van der Waals surface area (Å²) >= 11 is 0. The van der Waals surface area contributed by atoms with Crippen molar-refractivity contribution < 1.29 is 0 Å². The van der Waals surface area contributed by atoms with Gasteiger partial charge in [-0.05, 0) is 24.1 Å². The molecule has 0 bridgehead atoms. The van der Waals surface area contributed by atoms with Crippen molar-refractivity contribution in [1.29, 1.82) is 0 Å². The number of aromatic nitrogens is 2. The van der Waals surface area contributed by atoms with E-state index in [1.807, 2.05) is 24.4 Å². The lowest BCUT2D eigenvalue weighted by molar-refractivity contribution is 1.00. The third kappa shape index (κ3) is 3.42. The molecule has 0 aromatic carbocycles. The summed E-state index contributed by atoms with van der Waals surface area (Å²) in [5, 5.41) is 3.30. The lowest BCUT2D eigenvalue weighted by Gasteiger charge is -2.07. The zero-order chi connectivity index (χ0) is 11.9. The fourth-order valence-electron chi connectivity index (χ4n) is 1.52. The molecule has 2 aromatic heterocycles. The lowest BCUT2D eigenvalue weighted by Crippen LogP contribution is -2.10. The van der Waals surface area contributed by atoms with Gasteiger partial charge in [0.05, 0.1) is 0 Å². The predicted molar refractivity (Wildman–Crippen MR) is 68.5 cm³/mol. The zero-order valence-corrected chi connectivity index (χ0v) is 9.43. The number of anilines is 2. The molecule has 2 rings (SSSR count). The van der Waals surface area contributed by atoms with Crippen LogP contribution in [0.3, 0.4) is 0 Å². The lowest BCUT2D eigenvalue weighted by atomic mass is 10.2. The molecule has 0 saturated heterocycles. The number of pyridine rings is 2. The van der Waals surface area contributed by atoms with Crippen molar-refractivity contribution in [2.45, 2.75) is 6.42 Å². The average molecular weight is 229 g/mol. The van der Waals surface area contributed by atoms with Gasteiger partial charge in [0.25, 0.3) is 0 Å². The number of hydrazine groups is 1. The van der Waals surface area contributed by atoms with Crippen molar-refractivity contribution in [3.8, 4) is 0 Å². The van der Waals surface area contributed by atoms with E-state index in [4.69, 9.17) is 5.84 Å². The van der Waals surface area contributed by atoms with E-state index >= 15 is 0 Å². The van der Waals surface area contributed by atoms with Gasteiger partial charge in [-0.3, -0.25) is 4.98 Å². The molecule has 88 valence electrons. The van der Waals surface area contributed by atoms with Crippen LogP contribution in [0.2, 0.25) is 0 Å². The van der Waals surface area contributed by atoms with E-state index in [2.05, 4.69) is 26.8 Å². The van der Waals surface area contributed by atoms with Crippen molar-refractivity contribution in [3.63, 3.8) is 0 Å². The molecule has 0 amide bonds. The van der Waals surface area contributed by atoms with E-state index in [0.29, 0.717) is 5.82 Å². The molecule has 0 saturated carbocycles. The highest BCUT2D eigenvalue weighted by atomic mass is 15.2. The first-order valence-electron chi connectivity index (χ1n) is 5.44. The smallest absolute Gasteiger partial charge is 0.141 e. The molecule has 5 nitrogen and oxygen atoms in total. The van der Waals surface area contributed by atoms with E-state index in [-0.39, 0.29) is 0 Å². The molecule has 0 aliphatic heterocycles. The van der Waals surface area contributed by atoms with Crippen LogP contribution in [0.4, 0.5) is 11.5 Å². The van der Waals surface area contributed by atoms with Crippen LogP contribution in [-0.4, -0.2) is 16.5 Å². The first kappa shape index (κ1) is 11.3. The van der Waals surface area contributed by atoms with E-state index in [1.54, 1.807) is 12.4 Å². The van der Waals surface area contributed by atoms with E-state index in [9.17, 15) is 0 Å². The van der Waals surface area contributed by atoms with Crippen molar-refractivity contribution in [2.75, 3.05) is 17.3 Å². The molecule has 4 N–H and O–H groups in total. The van der Waals surface area contributed by atoms with Gasteiger partial charge >= 0.3 is 0 Å². The maximum Gasteiger partial charge on any atom is 0.141 e. The van der Waals surface area contributed by atoms with Gasteiger partial charge in [-0.15, -0.1) is 0 Å². The first-order valence-corrected chi connectivity index (χ1v) is 5.44. The largest absolute Gasteiger partial charge is 0.385 e. The van der Waals surface area contributed by atoms with Crippen molar-refractivity contribution in [1.82, 2.24) is 9.97 Å². The van der Waals surface area contributed by atoms with Gasteiger partial charge in [0.2, 0.25) is 0 Å². The second-order valence-electron chi connectivity index (χ2n) is 3.61. The number of hydrogen-bond acceptors (Lipinski definition) is 5. The van der Waals surface area contributed by atoms with Gasteiger partial charge in [0.15, 0.2) is 0 Å². The fraction of sp³-hybridized carbons (Fsp3) is 0.167. The highest BCUT2D eigenvalue weighted by Crippen LogP contribution is 2.10. The van der Waals surface area contributed by atoms with Crippen molar-refractivity contribution in [2.24, 2.45) is 5.84 Å². The summed E-state index contributed by atoms with van der Waals surface area (Å²) in [4.78, 5) is 8.11. The quantitative estimate of drug-likeness (QED) is 0.534. The Balaban J connectivity index is 1.86. The highest BCUT2D eigenvalue weighted by Gasteiger charge is 1.96. The molecule has 0 radical (unpaired) electrons. The minimum absolute atomic E-state index is 0.649. The van der Waals surface area contributed by atoms with Crippen LogP contribution >= 0.6 is 0 Å². The summed E-state index contributed by atoms with van der Waals surface area (Å²) in [6.45, 7) is 0.847. The summed E-state index contributed by atoms with van der Waals surface area (Å²) in [7, 11) is 0. The third-order valence-corrected chi connectivity index (χ3v) is 2.37. The highest BCUT2D eigenvalue weighted by molar-refractivity contribution is 5.51. The Kier molecular flexibility index (Phi) is 3.88. The van der Waals surface area contributed by atoms with Gasteiger partial charge in [0.1, 0.15) is 5.82 Å². The van der Waals surface area contributed by atoms with Crippen LogP contribution in [0.25, 0.3) is 0 Å². The summed E-state index contributed by atoms with van der Waals surface area (Å²) in [6.07, 6.45) is 6.29. The van der Waals surface area contributed by atoms with Crippen LogP contribution in [-0.2, 0) is 6.42 Å². The number of hydrogen-bond donors (Lipinski definition) is 3. The molecular weight excluding hydrogens is 214 g/mol. The Labute approximate surface area is 100 Å². The minimum Gasteiger partial charge on any atom is -0.385 e. The molecule has 0 aliphatic rings. The van der Waals surface area contributed by atoms with Crippen LogP contribution in [0.5, 0.6) is 0 Å². The molecule has 0 unspecified atom stereocenters. The first-order chi connectivity index (χ1) is 8.38. The van der Waals surface area contributed by atoms with Gasteiger partial charge in [-0.2, -0.15) is 0 Å². The molecule has 2 aromatic rings. The van der Waals surface area contributed by atoms with Crippen LogP contribution in [0.1, 0.15) is 5.56 Å². The standard InChI is InChI=1S/C12H15N5/c13-17-12-8-11(4-7-16-12)15-6-3-10-2-1-5-14-9-10/h1-2,4-5,7-9H,3,6,13H2,(H2,15,16,17). The normalized spacial score (nSPS) is 9.94. The number of nitrogen functional groups attached to an aromatic ring is 1. The fourth-order valence-corrected chi connectivity index (χ4v) is 1.52. The van der Waals surface area contributed by atoms with Crippen LogP contribution in [0.15, 0.2) is 42.9 Å². The SMILES string of the molecule is NNc1cc(NCCc2cccnc2)ccn1. The Morgan fingerprint density at radius 1 is 1.24 bits per heavy atom. The van der Waals surface area contributed by atoms with Gasteiger partial charge in [-0.25, -0.2) is 10.8 Å². The minimum atomic E-state index is 0.649. The maximum absolute atomic E-state index is 5.29. The summed E-state index contributed by atoms with van der Waals surface area (Å²) in [5.41, 5.74) is 4.73. The molecule has 2 heterocycles. The number of nitrogens with zero attached hydrogens (tertiary/aromatic N) is 2. The molecular formula is C12H15N5. The van der Waals surface area contributed by atoms with E-state index in [0.717, 1.165) is 18.7 Å². The number of nitrogens with one attached hydrogen (secondary N) is 2. The second-order valence-corrected chi connectivity index (χ2v) is 3.61. The summed E-state index contributed by atoms with van der Waals surface area (Å²) in [5.74, 6) is 5.94. The third-order valence-electron chi connectivity index (χ3n) is 2.37. The Hall–Kier alpha value is -2.14. The van der Waals surface area contributed by atoms with Gasteiger partial charge in [0, 0.05) is 36.9 Å². The topological polar surface area (TPSA) is 75.9 Å².